The fraction of sp³-hybridized carbons (Fsp3) is 0.588. The summed E-state index contributed by atoms with van der Waals surface area (Å²) in [5, 5.41) is 5.91. The lowest BCUT2D eigenvalue weighted by Gasteiger charge is -2.33. The minimum atomic E-state index is -3.28. The molecule has 0 spiro atoms. The molecule has 0 N–H and O–H groups in total. The second kappa shape index (κ2) is 8.49. The van der Waals surface area contributed by atoms with Crippen LogP contribution in [0.1, 0.15) is 32.6 Å². The first-order valence-electron chi connectivity index (χ1n) is 9.07. The summed E-state index contributed by atoms with van der Waals surface area (Å²) in [5.41, 5.74) is 0. The average Bonchev–Trinajstić information content (AvgIpc) is 3.37. The normalized spacial score (nSPS) is 18.5. The highest BCUT2D eigenvalue weighted by molar-refractivity contribution is 7.89. The summed E-state index contributed by atoms with van der Waals surface area (Å²) in [6.45, 7) is 4.96. The van der Waals surface area contributed by atoms with E-state index in [4.69, 9.17) is 4.52 Å². The number of nitrogens with zero attached hydrogens (tertiary/aromatic N) is 4. The molecule has 0 radical (unpaired) electrons. The van der Waals surface area contributed by atoms with Crippen molar-refractivity contribution >= 4 is 27.3 Å². The summed E-state index contributed by atoms with van der Waals surface area (Å²) in [5.74, 6) is 0.548. The van der Waals surface area contributed by atoms with Gasteiger partial charge in [-0.2, -0.15) is 4.98 Å². The van der Waals surface area contributed by atoms with Crippen LogP contribution in [0.15, 0.2) is 22.0 Å². The Balaban J connectivity index is 1.67. The Hall–Kier alpha value is -1.78. The van der Waals surface area contributed by atoms with E-state index in [1.54, 1.807) is 11.8 Å². The van der Waals surface area contributed by atoms with Crippen molar-refractivity contribution in [3.8, 4) is 10.7 Å². The minimum absolute atomic E-state index is 0.0544. The monoisotopic (exact) mass is 412 g/mol. The van der Waals surface area contributed by atoms with E-state index in [9.17, 15) is 13.2 Å². The van der Waals surface area contributed by atoms with Crippen LogP contribution in [0.2, 0.25) is 0 Å². The molecule has 2 aromatic heterocycles. The largest absolute Gasteiger partial charge is 0.337 e. The quantitative estimate of drug-likeness (QED) is 0.692. The maximum Gasteiger partial charge on any atom is 0.246 e. The van der Waals surface area contributed by atoms with Gasteiger partial charge in [0.25, 0.3) is 0 Å². The van der Waals surface area contributed by atoms with E-state index in [0.29, 0.717) is 37.6 Å². The Kier molecular flexibility index (Phi) is 6.28. The number of carbonyl (C=O) groups excluding carboxylic acids is 1. The molecule has 1 saturated heterocycles. The van der Waals surface area contributed by atoms with Gasteiger partial charge in [-0.1, -0.05) is 11.2 Å². The molecule has 3 heterocycles. The molecule has 0 aromatic carbocycles. The zero-order valence-corrected chi connectivity index (χ0v) is 17.1. The van der Waals surface area contributed by atoms with E-state index in [1.165, 1.54) is 15.6 Å². The second-order valence-corrected chi connectivity index (χ2v) is 9.64. The lowest BCUT2D eigenvalue weighted by molar-refractivity contribution is -0.137. The van der Waals surface area contributed by atoms with E-state index >= 15 is 0 Å². The summed E-state index contributed by atoms with van der Waals surface area (Å²) in [6.07, 6.45) is 1.38. The molecule has 1 aliphatic heterocycles. The van der Waals surface area contributed by atoms with E-state index < -0.39 is 10.0 Å². The van der Waals surface area contributed by atoms with Crippen molar-refractivity contribution in [1.29, 1.82) is 0 Å². The molecule has 0 saturated carbocycles. The van der Waals surface area contributed by atoms with Crippen LogP contribution in [0.5, 0.6) is 0 Å². The topological polar surface area (TPSA) is 96.6 Å². The molecule has 3 rings (SSSR count). The number of rotatable bonds is 7. The Morgan fingerprint density at radius 3 is 2.93 bits per heavy atom. The van der Waals surface area contributed by atoms with Gasteiger partial charge >= 0.3 is 0 Å². The predicted molar refractivity (Wildman–Crippen MR) is 102 cm³/mol. The van der Waals surface area contributed by atoms with Crippen LogP contribution >= 0.6 is 11.3 Å². The zero-order chi connectivity index (χ0) is 19.4. The third-order valence-corrected chi connectivity index (χ3v) is 7.43. The highest BCUT2D eigenvalue weighted by Crippen LogP contribution is 2.24. The Bertz CT molecular complexity index is 863. The summed E-state index contributed by atoms with van der Waals surface area (Å²) < 4.78 is 31.0. The van der Waals surface area contributed by atoms with Crippen molar-refractivity contribution in [3.63, 3.8) is 0 Å². The van der Waals surface area contributed by atoms with Crippen molar-refractivity contribution in [2.24, 2.45) is 5.92 Å². The van der Waals surface area contributed by atoms with Crippen molar-refractivity contribution in [2.75, 3.05) is 25.4 Å². The van der Waals surface area contributed by atoms with Crippen molar-refractivity contribution in [2.45, 2.75) is 33.2 Å². The SMILES string of the molecule is CCN(Cc1nc(-c2cccs2)no1)C(=O)C1CCCN(S(=O)(=O)CC)C1. The van der Waals surface area contributed by atoms with Gasteiger partial charge in [0, 0.05) is 19.6 Å². The molecule has 1 amide bonds. The molecule has 8 nitrogen and oxygen atoms in total. The average molecular weight is 413 g/mol. The molecule has 1 aliphatic rings. The van der Waals surface area contributed by atoms with E-state index in [-0.39, 0.29) is 30.7 Å². The molecule has 0 bridgehead atoms. The highest BCUT2D eigenvalue weighted by Gasteiger charge is 2.33. The van der Waals surface area contributed by atoms with E-state index in [2.05, 4.69) is 10.1 Å². The van der Waals surface area contributed by atoms with Crippen LogP contribution in [-0.4, -0.2) is 59.1 Å². The van der Waals surface area contributed by atoms with Gasteiger partial charge in [-0.3, -0.25) is 4.79 Å². The Morgan fingerprint density at radius 2 is 2.26 bits per heavy atom. The predicted octanol–water partition coefficient (Wildman–Crippen LogP) is 2.21. The first-order chi connectivity index (χ1) is 12.9. The Labute approximate surface area is 163 Å². The van der Waals surface area contributed by atoms with Gasteiger partial charge in [0.15, 0.2) is 0 Å². The molecular weight excluding hydrogens is 388 g/mol. The number of thiophene rings is 1. The zero-order valence-electron chi connectivity index (χ0n) is 15.5. The van der Waals surface area contributed by atoms with Gasteiger partial charge in [0.1, 0.15) is 0 Å². The molecule has 10 heteroatoms. The number of sulfonamides is 1. The first kappa shape index (κ1) is 20.0. The van der Waals surface area contributed by atoms with Gasteiger partial charge < -0.3 is 9.42 Å². The molecule has 148 valence electrons. The van der Waals surface area contributed by atoms with Crippen molar-refractivity contribution in [1.82, 2.24) is 19.3 Å². The fourth-order valence-electron chi connectivity index (χ4n) is 3.17. The number of piperidine rings is 1. The lowest BCUT2D eigenvalue weighted by atomic mass is 9.98. The molecule has 1 fully saturated rings. The van der Waals surface area contributed by atoms with Gasteiger partial charge in [-0.05, 0) is 38.1 Å². The van der Waals surface area contributed by atoms with Gasteiger partial charge in [-0.15, -0.1) is 11.3 Å². The smallest absolute Gasteiger partial charge is 0.246 e. The van der Waals surface area contributed by atoms with Crippen LogP contribution in [0, 0.1) is 5.92 Å². The maximum absolute atomic E-state index is 12.9. The molecule has 0 aliphatic carbocycles. The van der Waals surface area contributed by atoms with Crippen LogP contribution < -0.4 is 0 Å². The van der Waals surface area contributed by atoms with Crippen LogP contribution in [0.4, 0.5) is 0 Å². The number of hydrogen-bond acceptors (Lipinski definition) is 7. The molecule has 1 atom stereocenters. The van der Waals surface area contributed by atoms with Gasteiger partial charge in [0.2, 0.25) is 27.6 Å². The summed E-state index contributed by atoms with van der Waals surface area (Å²) >= 11 is 1.52. The van der Waals surface area contributed by atoms with E-state index in [1.807, 2.05) is 24.4 Å². The minimum Gasteiger partial charge on any atom is -0.337 e. The van der Waals surface area contributed by atoms with Crippen molar-refractivity contribution in [3.05, 3.63) is 23.4 Å². The molecule has 2 aromatic rings. The summed E-state index contributed by atoms with van der Waals surface area (Å²) in [7, 11) is -3.28. The first-order valence-corrected chi connectivity index (χ1v) is 11.6. The van der Waals surface area contributed by atoms with Crippen molar-refractivity contribution < 1.29 is 17.7 Å². The highest BCUT2D eigenvalue weighted by atomic mass is 32.2. The fourth-order valence-corrected chi connectivity index (χ4v) is 5.00. The molecule has 1 unspecified atom stereocenters. The third-order valence-electron chi connectivity index (χ3n) is 4.72. The van der Waals surface area contributed by atoms with E-state index in [0.717, 1.165) is 4.88 Å². The summed E-state index contributed by atoms with van der Waals surface area (Å²) in [4.78, 5) is 19.9. The number of hydrogen-bond donors (Lipinski definition) is 0. The third kappa shape index (κ3) is 4.56. The number of amides is 1. The summed E-state index contributed by atoms with van der Waals surface area (Å²) in [6, 6.07) is 3.82. The van der Waals surface area contributed by atoms with Crippen LogP contribution in [-0.2, 0) is 21.4 Å². The van der Waals surface area contributed by atoms with Gasteiger partial charge in [-0.25, -0.2) is 12.7 Å². The molecule has 27 heavy (non-hydrogen) atoms. The number of aromatic nitrogens is 2. The van der Waals surface area contributed by atoms with Crippen LogP contribution in [0.3, 0.4) is 0 Å². The van der Waals surface area contributed by atoms with Crippen LogP contribution in [0.25, 0.3) is 10.7 Å². The molecular formula is C17H24N4O4S2. The second-order valence-electron chi connectivity index (χ2n) is 6.44. The maximum atomic E-state index is 12.9. The lowest BCUT2D eigenvalue weighted by Crippen LogP contribution is -2.46. The number of carbonyl (C=O) groups is 1. The van der Waals surface area contributed by atoms with Gasteiger partial charge in [0.05, 0.1) is 23.1 Å². The standard InChI is InChI=1S/C17H24N4O4S2/c1-3-20(12-15-18-16(19-25-15)14-8-6-10-26-14)17(22)13-7-5-9-21(11-13)27(23,24)4-2/h6,8,10,13H,3-5,7,9,11-12H2,1-2H3. The Morgan fingerprint density at radius 1 is 1.44 bits per heavy atom.